The summed E-state index contributed by atoms with van der Waals surface area (Å²) in [6.07, 6.45) is -0.0483. The van der Waals surface area contributed by atoms with E-state index in [4.69, 9.17) is 16.3 Å². The van der Waals surface area contributed by atoms with E-state index in [0.29, 0.717) is 24.5 Å². The molecule has 3 aromatic rings. The van der Waals surface area contributed by atoms with E-state index < -0.39 is 27.8 Å². The van der Waals surface area contributed by atoms with Crippen molar-refractivity contribution >= 4 is 45.7 Å². The number of nitrogens with one attached hydrogen (secondary N) is 2. The summed E-state index contributed by atoms with van der Waals surface area (Å²) >= 11 is 5.96. The Labute approximate surface area is 233 Å². The van der Waals surface area contributed by atoms with Crippen LogP contribution in [-0.2, 0) is 25.8 Å². The molecule has 0 heterocycles. The highest BCUT2D eigenvalue weighted by atomic mass is 35.5. The molecule has 0 aliphatic heterocycles. The van der Waals surface area contributed by atoms with E-state index in [-0.39, 0.29) is 40.9 Å². The number of sulfone groups is 1. The first kappa shape index (κ1) is 31.3. The van der Waals surface area contributed by atoms with Gasteiger partial charge in [-0.25, -0.2) is 8.42 Å². The maximum atomic E-state index is 13.1. The van der Waals surface area contributed by atoms with Gasteiger partial charge in [0.05, 0.1) is 22.5 Å². The zero-order valence-corrected chi connectivity index (χ0v) is 23.1. The maximum absolute atomic E-state index is 13.1. The zero-order chi connectivity index (χ0) is 26.8. The number of halogens is 2. The van der Waals surface area contributed by atoms with E-state index in [1.54, 1.807) is 37.3 Å². The predicted octanol–water partition coefficient (Wildman–Crippen LogP) is 3.75. The first-order valence-electron chi connectivity index (χ1n) is 11.7. The van der Waals surface area contributed by atoms with Gasteiger partial charge in [0.2, 0.25) is 9.84 Å². The van der Waals surface area contributed by atoms with Gasteiger partial charge < -0.3 is 20.5 Å². The number of ether oxygens (including phenoxy) is 1. The summed E-state index contributed by atoms with van der Waals surface area (Å²) in [5.74, 6) is -1.15. The summed E-state index contributed by atoms with van der Waals surface area (Å²) in [4.78, 5) is 23.9. The van der Waals surface area contributed by atoms with Crippen LogP contribution in [0.1, 0.15) is 34.5 Å². The van der Waals surface area contributed by atoms with Crippen LogP contribution in [0.5, 0.6) is 0 Å². The van der Waals surface area contributed by atoms with E-state index in [9.17, 15) is 23.1 Å². The Morgan fingerprint density at radius 2 is 1.71 bits per heavy atom. The van der Waals surface area contributed by atoms with Crippen LogP contribution in [0.25, 0.3) is 0 Å². The van der Waals surface area contributed by atoms with Crippen LogP contribution in [0.2, 0.25) is 5.02 Å². The van der Waals surface area contributed by atoms with Crippen LogP contribution in [0.4, 0.5) is 0 Å². The van der Waals surface area contributed by atoms with Crippen LogP contribution in [0.3, 0.4) is 0 Å². The first-order chi connectivity index (χ1) is 17.7. The molecule has 0 radical (unpaired) electrons. The average molecular weight is 582 g/mol. The third-order valence-corrected chi connectivity index (χ3v) is 7.50. The van der Waals surface area contributed by atoms with Crippen molar-refractivity contribution in [1.82, 2.24) is 10.6 Å². The van der Waals surface area contributed by atoms with Crippen LogP contribution in [0, 0.1) is 0 Å². The summed E-state index contributed by atoms with van der Waals surface area (Å²) < 4.78 is 31.0. The number of rotatable bonds is 12. The Morgan fingerprint density at radius 3 is 2.39 bits per heavy atom. The highest BCUT2D eigenvalue weighted by molar-refractivity contribution is 7.91. The molecule has 0 aliphatic rings. The van der Waals surface area contributed by atoms with Gasteiger partial charge in [-0.2, -0.15) is 0 Å². The summed E-state index contributed by atoms with van der Waals surface area (Å²) in [6.45, 7) is 2.50. The Balaban J connectivity index is 0.00000507. The number of carbonyl (C=O) groups is 2. The SMILES string of the molecule is CCOC(=O)CNC(=O)c1cccc(S(=O)(=O)c2ccc(CCNC[C@H](O)c3cccc(Cl)c3)cc2)c1.Cl. The number of amides is 1. The van der Waals surface area contributed by atoms with E-state index >= 15 is 0 Å². The Kier molecular flexibility index (Phi) is 12.2. The van der Waals surface area contributed by atoms with E-state index in [1.807, 2.05) is 6.07 Å². The molecule has 8 nitrogen and oxygen atoms in total. The lowest BCUT2D eigenvalue weighted by Crippen LogP contribution is -2.30. The summed E-state index contributed by atoms with van der Waals surface area (Å²) in [5, 5.41) is 16.4. The van der Waals surface area contributed by atoms with Gasteiger partial charge in [-0.3, -0.25) is 9.59 Å². The van der Waals surface area contributed by atoms with Crippen molar-refractivity contribution in [3.8, 4) is 0 Å². The lowest BCUT2D eigenvalue weighted by Gasteiger charge is -2.13. The molecule has 3 rings (SSSR count). The summed E-state index contributed by atoms with van der Waals surface area (Å²) in [6, 6.07) is 19.2. The van der Waals surface area contributed by atoms with Crippen molar-refractivity contribution < 1.29 is 27.9 Å². The Morgan fingerprint density at radius 1 is 1.00 bits per heavy atom. The van der Waals surface area contributed by atoms with Gasteiger partial charge in [-0.15, -0.1) is 12.4 Å². The highest BCUT2D eigenvalue weighted by Crippen LogP contribution is 2.22. The zero-order valence-electron chi connectivity index (χ0n) is 20.7. The molecule has 3 aromatic carbocycles. The summed E-state index contributed by atoms with van der Waals surface area (Å²) in [7, 11) is -3.85. The summed E-state index contributed by atoms with van der Waals surface area (Å²) in [5.41, 5.74) is 1.78. The van der Waals surface area contributed by atoms with Crippen molar-refractivity contribution in [1.29, 1.82) is 0 Å². The second-order valence-corrected chi connectivity index (χ2v) is 10.6. The standard InChI is InChI=1S/C27H29ClN2O6S.ClH/c1-2-36-26(32)18-30-27(33)21-6-4-8-24(16-21)37(34,35)23-11-9-19(10-12-23)13-14-29-17-25(31)20-5-3-7-22(28)15-20;/h3-12,15-16,25,29,31H,2,13-14,17-18H2,1H3,(H,30,33);1H/t25-;/m0./s1. The fourth-order valence-corrected chi connectivity index (χ4v) is 5.05. The second kappa shape index (κ2) is 14.8. The maximum Gasteiger partial charge on any atom is 0.325 e. The number of hydrogen-bond donors (Lipinski definition) is 3. The number of aliphatic hydroxyl groups is 1. The number of aliphatic hydroxyl groups excluding tert-OH is 1. The molecule has 38 heavy (non-hydrogen) atoms. The molecule has 0 saturated heterocycles. The third-order valence-electron chi connectivity index (χ3n) is 5.50. The van der Waals surface area contributed by atoms with Crippen LogP contribution in [-0.4, -0.2) is 51.6 Å². The fourth-order valence-electron chi connectivity index (χ4n) is 3.55. The van der Waals surface area contributed by atoms with E-state index in [1.165, 1.54) is 36.4 Å². The number of esters is 1. The Bertz CT molecular complexity index is 1330. The molecule has 0 bridgehead atoms. The van der Waals surface area contributed by atoms with Gasteiger partial charge in [0.15, 0.2) is 0 Å². The van der Waals surface area contributed by atoms with E-state index in [0.717, 1.165) is 11.1 Å². The number of carbonyl (C=O) groups excluding carboxylic acids is 2. The van der Waals surface area contributed by atoms with Crippen molar-refractivity contribution in [3.63, 3.8) is 0 Å². The highest BCUT2D eigenvalue weighted by Gasteiger charge is 2.19. The molecule has 0 spiro atoms. The van der Waals surface area contributed by atoms with Gasteiger partial charge in [0, 0.05) is 17.1 Å². The van der Waals surface area contributed by atoms with Crippen molar-refractivity contribution in [2.45, 2.75) is 29.2 Å². The molecule has 0 fully saturated rings. The molecule has 1 amide bonds. The number of hydrogen-bond acceptors (Lipinski definition) is 7. The molecule has 0 aromatic heterocycles. The topological polar surface area (TPSA) is 122 Å². The minimum absolute atomic E-state index is 0. The molecule has 3 N–H and O–H groups in total. The molecule has 0 unspecified atom stereocenters. The van der Waals surface area contributed by atoms with Crippen LogP contribution < -0.4 is 10.6 Å². The molecule has 0 aliphatic carbocycles. The normalized spacial score (nSPS) is 11.8. The molecule has 0 saturated carbocycles. The second-order valence-electron chi connectivity index (χ2n) is 8.19. The molecular weight excluding hydrogens is 551 g/mol. The van der Waals surface area contributed by atoms with Crippen molar-refractivity contribution in [3.05, 3.63) is 94.5 Å². The first-order valence-corrected chi connectivity index (χ1v) is 13.6. The molecule has 1 atom stereocenters. The minimum atomic E-state index is -3.85. The fraction of sp³-hybridized carbons (Fsp3) is 0.259. The minimum Gasteiger partial charge on any atom is -0.465 e. The molecular formula is C27H30Cl2N2O6S. The van der Waals surface area contributed by atoms with Gasteiger partial charge in [-0.1, -0.05) is 41.9 Å². The van der Waals surface area contributed by atoms with Crippen molar-refractivity contribution in [2.24, 2.45) is 0 Å². The van der Waals surface area contributed by atoms with Gasteiger partial charge in [0.25, 0.3) is 5.91 Å². The molecule has 11 heteroatoms. The van der Waals surface area contributed by atoms with Crippen LogP contribution >= 0.6 is 24.0 Å². The lowest BCUT2D eigenvalue weighted by atomic mass is 10.1. The average Bonchev–Trinajstić information content (AvgIpc) is 2.90. The van der Waals surface area contributed by atoms with Crippen LogP contribution in [0.15, 0.2) is 82.6 Å². The molecule has 204 valence electrons. The van der Waals surface area contributed by atoms with Crippen molar-refractivity contribution in [2.75, 3.05) is 26.2 Å². The van der Waals surface area contributed by atoms with Gasteiger partial charge in [0.1, 0.15) is 6.54 Å². The quantitative estimate of drug-likeness (QED) is 0.220. The number of benzene rings is 3. The van der Waals surface area contributed by atoms with E-state index in [2.05, 4.69) is 10.6 Å². The van der Waals surface area contributed by atoms with Gasteiger partial charge >= 0.3 is 5.97 Å². The van der Waals surface area contributed by atoms with Gasteiger partial charge in [-0.05, 0) is 73.5 Å². The monoisotopic (exact) mass is 580 g/mol. The predicted molar refractivity (Wildman–Crippen MR) is 148 cm³/mol. The largest absolute Gasteiger partial charge is 0.465 e. The smallest absolute Gasteiger partial charge is 0.325 e. The Hall–Kier alpha value is -2.95. The third kappa shape index (κ3) is 8.82. The lowest BCUT2D eigenvalue weighted by molar-refractivity contribution is -0.141.